The van der Waals surface area contributed by atoms with Crippen LogP contribution in [0.4, 0.5) is 0 Å². The van der Waals surface area contributed by atoms with Crippen LogP contribution < -0.4 is 0 Å². The van der Waals surface area contributed by atoms with Crippen LogP contribution in [0.5, 0.6) is 0 Å². The first-order chi connectivity index (χ1) is 4.77. The van der Waals surface area contributed by atoms with Crippen molar-refractivity contribution in [3.8, 4) is 0 Å². The lowest BCUT2D eigenvalue weighted by molar-refractivity contribution is -0.290. The predicted molar refractivity (Wildman–Crippen MR) is 46.7 cm³/mol. The van der Waals surface area contributed by atoms with E-state index in [4.69, 9.17) is 9.78 Å². The van der Waals surface area contributed by atoms with E-state index in [-0.39, 0.29) is 4.75 Å². The number of hydrogen-bond donors (Lipinski definition) is 2. The van der Waals surface area contributed by atoms with Crippen molar-refractivity contribution in [3.63, 3.8) is 0 Å². The molecule has 4 heteroatoms. The van der Waals surface area contributed by atoms with Crippen LogP contribution in [0, 0.1) is 0 Å². The quantitative estimate of drug-likeness (QED) is 0.288. The van der Waals surface area contributed by atoms with Crippen LogP contribution in [0.15, 0.2) is 0 Å². The summed E-state index contributed by atoms with van der Waals surface area (Å²) < 4.78 is 0.122. The molecular weight excluding hydrogens is 168 g/mol. The van der Waals surface area contributed by atoms with Gasteiger partial charge >= 0.3 is 0 Å². The Morgan fingerprint density at radius 3 is 2.50 bits per heavy atom. The van der Waals surface area contributed by atoms with Gasteiger partial charge in [-0.05, 0) is 12.8 Å². The van der Waals surface area contributed by atoms with Gasteiger partial charge in [0.1, 0.15) is 0 Å². The van der Waals surface area contributed by atoms with E-state index in [1.165, 1.54) is 0 Å². The lowest BCUT2D eigenvalue weighted by Gasteiger charge is -2.06. The lowest BCUT2D eigenvalue weighted by Crippen LogP contribution is -2.10. The summed E-state index contributed by atoms with van der Waals surface area (Å²) in [7, 11) is 0. The van der Waals surface area contributed by atoms with E-state index in [1.54, 1.807) is 0 Å². The van der Waals surface area contributed by atoms with E-state index >= 15 is 0 Å². The molecule has 0 heterocycles. The summed E-state index contributed by atoms with van der Waals surface area (Å²) in [5.74, 6) is 0.694. The smallest absolute Gasteiger partial charge is 0.0966 e. The topological polar surface area (TPSA) is 18.5 Å². The van der Waals surface area contributed by atoms with Gasteiger partial charge in [0.25, 0.3) is 0 Å². The van der Waals surface area contributed by atoms with Crippen molar-refractivity contribution in [2.75, 3.05) is 19.0 Å². The van der Waals surface area contributed by atoms with Gasteiger partial charge in [-0.25, -0.2) is 9.78 Å². The molecule has 0 saturated heterocycles. The van der Waals surface area contributed by atoms with Crippen LogP contribution in [-0.2, 0) is 9.78 Å². The molecule has 1 saturated carbocycles. The van der Waals surface area contributed by atoms with E-state index < -0.39 is 0 Å². The molecule has 60 valence electrons. The lowest BCUT2D eigenvalue weighted by atomic mass is 10.5. The van der Waals surface area contributed by atoms with E-state index in [1.807, 2.05) is 0 Å². The molecule has 0 unspecified atom stereocenters. The van der Waals surface area contributed by atoms with Crippen LogP contribution >= 0.6 is 25.3 Å². The average molecular weight is 180 g/mol. The Morgan fingerprint density at radius 1 is 1.30 bits per heavy atom. The van der Waals surface area contributed by atoms with Crippen molar-refractivity contribution < 1.29 is 9.78 Å². The first-order valence-corrected chi connectivity index (χ1v) is 4.42. The van der Waals surface area contributed by atoms with Crippen molar-refractivity contribution >= 4 is 25.3 Å². The maximum Gasteiger partial charge on any atom is 0.0966 e. The summed E-state index contributed by atoms with van der Waals surface area (Å²) in [6.45, 7) is 1.15. The van der Waals surface area contributed by atoms with Gasteiger partial charge in [-0.3, -0.25) is 0 Å². The van der Waals surface area contributed by atoms with Crippen LogP contribution in [0.1, 0.15) is 12.8 Å². The summed E-state index contributed by atoms with van der Waals surface area (Å²) in [5, 5.41) is 0. The minimum Gasteiger partial charge on any atom is -0.236 e. The summed E-state index contributed by atoms with van der Waals surface area (Å²) in [4.78, 5) is 9.65. The zero-order valence-corrected chi connectivity index (χ0v) is 7.54. The van der Waals surface area contributed by atoms with Gasteiger partial charge in [0.15, 0.2) is 0 Å². The second kappa shape index (κ2) is 3.85. The third-order valence-corrected chi connectivity index (χ3v) is 2.17. The van der Waals surface area contributed by atoms with Crippen molar-refractivity contribution in [2.24, 2.45) is 0 Å². The summed E-state index contributed by atoms with van der Waals surface area (Å²) >= 11 is 8.30. The molecule has 0 radical (unpaired) electrons. The number of thiol groups is 2. The Bertz CT molecular complexity index is 104. The molecule has 0 spiro atoms. The molecule has 1 rings (SSSR count). The molecule has 0 atom stereocenters. The Labute approximate surface area is 72.0 Å². The first-order valence-electron chi connectivity index (χ1n) is 3.34. The summed E-state index contributed by atoms with van der Waals surface area (Å²) in [5.41, 5.74) is 0. The second-order valence-electron chi connectivity index (χ2n) is 2.53. The van der Waals surface area contributed by atoms with Crippen LogP contribution in [0.2, 0.25) is 0 Å². The largest absolute Gasteiger partial charge is 0.236 e. The van der Waals surface area contributed by atoms with Crippen LogP contribution in [-0.4, -0.2) is 23.7 Å². The third-order valence-electron chi connectivity index (χ3n) is 1.41. The maximum atomic E-state index is 4.88. The van der Waals surface area contributed by atoms with Crippen LogP contribution in [0.25, 0.3) is 0 Å². The normalized spacial score (nSPS) is 21.0. The van der Waals surface area contributed by atoms with Crippen molar-refractivity contribution in [1.82, 2.24) is 0 Å². The Balaban J connectivity index is 1.86. The van der Waals surface area contributed by atoms with Gasteiger partial charge < -0.3 is 0 Å². The molecular formula is C6H12O2S2. The molecule has 0 amide bonds. The molecule has 0 aromatic carbocycles. The van der Waals surface area contributed by atoms with Crippen molar-refractivity contribution in [2.45, 2.75) is 17.6 Å². The molecule has 2 nitrogen and oxygen atoms in total. The van der Waals surface area contributed by atoms with Crippen molar-refractivity contribution in [1.29, 1.82) is 0 Å². The van der Waals surface area contributed by atoms with E-state index in [0.29, 0.717) is 19.0 Å². The monoisotopic (exact) mass is 180 g/mol. The highest BCUT2D eigenvalue weighted by Gasteiger charge is 2.39. The fourth-order valence-electron chi connectivity index (χ4n) is 0.536. The predicted octanol–water partition coefficient (Wildman–Crippen LogP) is 1.33. The SMILES string of the molecule is SCCOOCC1(S)CC1. The van der Waals surface area contributed by atoms with Gasteiger partial charge in [0.2, 0.25) is 0 Å². The minimum atomic E-state index is 0.122. The Kier molecular flexibility index (Phi) is 3.36. The maximum absolute atomic E-state index is 4.88. The molecule has 0 aliphatic heterocycles. The van der Waals surface area contributed by atoms with Crippen LogP contribution in [0.3, 0.4) is 0 Å². The zero-order valence-electron chi connectivity index (χ0n) is 5.75. The average Bonchev–Trinajstić information content (AvgIpc) is 2.62. The molecule has 1 fully saturated rings. The highest BCUT2D eigenvalue weighted by atomic mass is 32.1. The van der Waals surface area contributed by atoms with Gasteiger partial charge in [-0.1, -0.05) is 0 Å². The highest BCUT2D eigenvalue weighted by Crippen LogP contribution is 2.41. The molecule has 0 N–H and O–H groups in total. The standard InChI is InChI=1S/C6H12O2S2/c9-4-3-7-8-5-6(10)1-2-6/h9-10H,1-5H2. The van der Waals surface area contributed by atoms with Gasteiger partial charge in [0, 0.05) is 10.5 Å². The summed E-state index contributed by atoms with van der Waals surface area (Å²) in [6, 6.07) is 0. The zero-order chi connectivity index (χ0) is 7.45. The molecule has 0 aromatic heterocycles. The van der Waals surface area contributed by atoms with Gasteiger partial charge in [-0.2, -0.15) is 25.3 Å². The van der Waals surface area contributed by atoms with Gasteiger partial charge in [0.05, 0.1) is 13.2 Å². The number of hydrogen-bond acceptors (Lipinski definition) is 4. The number of rotatable bonds is 5. The third kappa shape index (κ3) is 3.14. The fraction of sp³-hybridized carbons (Fsp3) is 1.00. The van der Waals surface area contributed by atoms with E-state index in [9.17, 15) is 0 Å². The molecule has 1 aliphatic carbocycles. The Morgan fingerprint density at radius 2 is 2.00 bits per heavy atom. The molecule has 0 bridgehead atoms. The molecule has 1 aliphatic rings. The molecule has 0 aromatic rings. The second-order valence-corrected chi connectivity index (χ2v) is 3.93. The Hall–Kier alpha value is 0.620. The van der Waals surface area contributed by atoms with Crippen molar-refractivity contribution in [3.05, 3.63) is 0 Å². The van der Waals surface area contributed by atoms with E-state index in [0.717, 1.165) is 12.8 Å². The molecule has 10 heavy (non-hydrogen) atoms. The van der Waals surface area contributed by atoms with Gasteiger partial charge in [-0.15, -0.1) is 0 Å². The summed E-state index contributed by atoms with van der Waals surface area (Å²) in [6.07, 6.45) is 2.28. The minimum absolute atomic E-state index is 0.122. The van der Waals surface area contributed by atoms with E-state index in [2.05, 4.69) is 25.3 Å². The highest BCUT2D eigenvalue weighted by molar-refractivity contribution is 7.82. The first kappa shape index (κ1) is 8.71. The fourth-order valence-corrected chi connectivity index (χ4v) is 0.775.